The average Bonchev–Trinajstić information content (AvgIpc) is 2.74. The van der Waals surface area contributed by atoms with Gasteiger partial charge in [-0.1, -0.05) is 5.10 Å². The number of halogens is 2. The maximum absolute atomic E-state index is 13.5. The van der Waals surface area contributed by atoms with E-state index in [2.05, 4.69) is 20.8 Å². The predicted octanol–water partition coefficient (Wildman–Crippen LogP) is 1.95. The van der Waals surface area contributed by atoms with Crippen LogP contribution in [-0.2, 0) is 0 Å². The molecule has 2 aromatic rings. The number of carbonyl (C=O) groups excluding carboxylic acids is 1. The lowest BCUT2D eigenvalue weighted by Crippen LogP contribution is -2.13. The van der Waals surface area contributed by atoms with Gasteiger partial charge in [-0.2, -0.15) is 0 Å². The van der Waals surface area contributed by atoms with Crippen LogP contribution in [0.5, 0.6) is 0 Å². The molecule has 100 valence electrons. The summed E-state index contributed by atoms with van der Waals surface area (Å²) in [5.41, 5.74) is -0.491. The van der Waals surface area contributed by atoms with Crippen LogP contribution in [0.1, 0.15) is 16.2 Å². The Balaban J connectivity index is 2.24. The highest BCUT2D eigenvalue weighted by molar-refractivity contribution is 6.03. The number of nitrogens with zero attached hydrogens (tertiary/aromatic N) is 2. The van der Waals surface area contributed by atoms with Crippen LogP contribution in [0.3, 0.4) is 0 Å². The molecule has 1 heterocycles. The van der Waals surface area contributed by atoms with Crippen LogP contribution >= 0.6 is 0 Å². The second-order valence-electron chi connectivity index (χ2n) is 3.65. The van der Waals surface area contributed by atoms with Crippen LogP contribution in [0.25, 0.3) is 0 Å². The number of rotatable bonds is 3. The van der Waals surface area contributed by atoms with Crippen LogP contribution in [0.4, 0.5) is 20.5 Å². The molecule has 0 saturated heterocycles. The number of hydrogen-bond donors (Lipinski definition) is 2. The molecular formula is C11H10F2N4O2. The second-order valence-corrected chi connectivity index (χ2v) is 3.65. The number of benzene rings is 1. The van der Waals surface area contributed by atoms with E-state index in [1.165, 1.54) is 7.05 Å². The van der Waals surface area contributed by atoms with Crippen molar-refractivity contribution < 1.29 is 18.0 Å². The molecule has 1 aromatic carbocycles. The fraction of sp³-hybridized carbons (Fsp3) is 0.182. The minimum atomic E-state index is -0.866. The van der Waals surface area contributed by atoms with Gasteiger partial charge in [0.25, 0.3) is 5.91 Å². The molecule has 0 spiro atoms. The molecule has 1 aromatic heterocycles. The second kappa shape index (κ2) is 5.01. The Morgan fingerprint density at radius 3 is 2.37 bits per heavy atom. The third-order valence-corrected chi connectivity index (χ3v) is 2.30. The third kappa shape index (κ3) is 2.67. The topological polar surface area (TPSA) is 80.0 Å². The maximum atomic E-state index is 13.5. The van der Waals surface area contributed by atoms with Crippen molar-refractivity contribution in [2.75, 3.05) is 17.7 Å². The summed E-state index contributed by atoms with van der Waals surface area (Å²) in [4.78, 5) is 11.7. The van der Waals surface area contributed by atoms with E-state index in [0.29, 0.717) is 0 Å². The molecule has 2 N–H and O–H groups in total. The van der Waals surface area contributed by atoms with Gasteiger partial charge in [-0.05, 0) is 12.1 Å². The van der Waals surface area contributed by atoms with Gasteiger partial charge < -0.3 is 9.73 Å². The fourth-order valence-corrected chi connectivity index (χ4v) is 1.46. The van der Waals surface area contributed by atoms with Gasteiger partial charge in [0.2, 0.25) is 5.89 Å². The van der Waals surface area contributed by atoms with Gasteiger partial charge in [0.1, 0.15) is 17.3 Å². The normalized spacial score (nSPS) is 10.3. The molecule has 2 rings (SSSR count). The minimum absolute atomic E-state index is 0.138. The Labute approximate surface area is 106 Å². The summed E-state index contributed by atoms with van der Waals surface area (Å²) in [7, 11) is 1.38. The van der Waals surface area contributed by atoms with Gasteiger partial charge in [0.15, 0.2) is 0 Å². The van der Waals surface area contributed by atoms with E-state index in [9.17, 15) is 13.6 Å². The van der Waals surface area contributed by atoms with Crippen molar-refractivity contribution in [1.82, 2.24) is 10.2 Å². The summed E-state index contributed by atoms with van der Waals surface area (Å²) in [6, 6.07) is 1.68. The van der Waals surface area contributed by atoms with Crippen LogP contribution in [-0.4, -0.2) is 23.2 Å². The molecule has 0 bridgehead atoms. The van der Waals surface area contributed by atoms with Gasteiger partial charge >= 0.3 is 6.01 Å². The fourth-order valence-electron chi connectivity index (χ4n) is 1.46. The van der Waals surface area contributed by atoms with Crippen molar-refractivity contribution in [3.05, 3.63) is 35.2 Å². The first-order valence-corrected chi connectivity index (χ1v) is 5.29. The van der Waals surface area contributed by atoms with E-state index in [1.54, 1.807) is 6.92 Å². The molecule has 0 aliphatic heterocycles. The first-order chi connectivity index (χ1) is 9.01. The van der Waals surface area contributed by atoms with Crippen molar-refractivity contribution in [2.45, 2.75) is 6.92 Å². The van der Waals surface area contributed by atoms with Crippen LogP contribution in [0.15, 0.2) is 16.5 Å². The Kier molecular flexibility index (Phi) is 3.41. The van der Waals surface area contributed by atoms with E-state index >= 15 is 0 Å². The highest BCUT2D eigenvalue weighted by Gasteiger charge is 2.16. The number of carbonyl (C=O) groups is 1. The lowest BCUT2D eigenvalue weighted by atomic mass is 10.1. The first-order valence-electron chi connectivity index (χ1n) is 5.29. The molecule has 0 unspecified atom stereocenters. The van der Waals surface area contributed by atoms with Crippen molar-refractivity contribution in [1.29, 1.82) is 0 Å². The lowest BCUT2D eigenvalue weighted by Gasteiger charge is -2.06. The molecule has 0 atom stereocenters. The molecule has 0 saturated carbocycles. The van der Waals surface area contributed by atoms with Gasteiger partial charge in [0, 0.05) is 19.5 Å². The van der Waals surface area contributed by atoms with Gasteiger partial charge in [0.05, 0.1) is 0 Å². The number of amides is 1. The minimum Gasteiger partial charge on any atom is -0.408 e. The molecule has 0 aliphatic carbocycles. The molecule has 19 heavy (non-hydrogen) atoms. The van der Waals surface area contributed by atoms with Gasteiger partial charge in [-0.3, -0.25) is 10.1 Å². The van der Waals surface area contributed by atoms with Crippen LogP contribution < -0.4 is 10.6 Å². The van der Waals surface area contributed by atoms with E-state index < -0.39 is 17.5 Å². The first kappa shape index (κ1) is 12.9. The van der Waals surface area contributed by atoms with Crippen molar-refractivity contribution in [2.24, 2.45) is 0 Å². The van der Waals surface area contributed by atoms with E-state index in [-0.39, 0.29) is 23.2 Å². The monoisotopic (exact) mass is 268 g/mol. The Morgan fingerprint density at radius 2 is 1.89 bits per heavy atom. The zero-order valence-corrected chi connectivity index (χ0v) is 10.1. The quantitative estimate of drug-likeness (QED) is 0.889. The number of aromatic nitrogens is 2. The Hall–Kier alpha value is -2.51. The van der Waals surface area contributed by atoms with Gasteiger partial charge in [-0.15, -0.1) is 5.10 Å². The number of nitrogens with one attached hydrogen (secondary N) is 2. The highest BCUT2D eigenvalue weighted by Crippen LogP contribution is 2.20. The molecule has 8 heteroatoms. The molecular weight excluding hydrogens is 258 g/mol. The maximum Gasteiger partial charge on any atom is 0.322 e. The highest BCUT2D eigenvalue weighted by atomic mass is 19.1. The summed E-state index contributed by atoms with van der Waals surface area (Å²) < 4.78 is 31.9. The number of hydrogen-bond acceptors (Lipinski definition) is 5. The molecule has 0 radical (unpaired) electrons. The Bertz CT molecular complexity index is 604. The number of aryl methyl sites for hydroxylation is 1. The summed E-state index contributed by atoms with van der Waals surface area (Å²) in [5, 5.41) is 11.6. The SMILES string of the molecule is CNc1c(F)cc(C(=O)Nc2nnc(C)o2)cc1F. The largest absolute Gasteiger partial charge is 0.408 e. The van der Waals surface area contributed by atoms with Crippen LogP contribution in [0, 0.1) is 18.6 Å². The zero-order valence-electron chi connectivity index (χ0n) is 10.1. The summed E-state index contributed by atoms with van der Waals surface area (Å²) >= 11 is 0. The zero-order chi connectivity index (χ0) is 14.0. The van der Waals surface area contributed by atoms with E-state index in [0.717, 1.165) is 12.1 Å². The van der Waals surface area contributed by atoms with Gasteiger partial charge in [-0.25, -0.2) is 8.78 Å². The number of anilines is 2. The summed E-state index contributed by atoms with van der Waals surface area (Å²) in [5.74, 6) is -2.22. The Morgan fingerprint density at radius 1 is 1.26 bits per heavy atom. The smallest absolute Gasteiger partial charge is 0.322 e. The van der Waals surface area contributed by atoms with E-state index in [1.807, 2.05) is 0 Å². The summed E-state index contributed by atoms with van der Waals surface area (Å²) in [6.45, 7) is 1.55. The molecule has 6 nitrogen and oxygen atoms in total. The third-order valence-electron chi connectivity index (χ3n) is 2.30. The standard InChI is InChI=1S/C11H10F2N4O2/c1-5-16-17-11(19-5)15-10(18)6-3-7(12)9(14-2)8(13)4-6/h3-4,14H,1-2H3,(H,15,17,18). The summed E-state index contributed by atoms with van der Waals surface area (Å²) in [6.07, 6.45) is 0. The molecule has 0 aliphatic rings. The van der Waals surface area contributed by atoms with E-state index in [4.69, 9.17) is 4.42 Å². The predicted molar refractivity (Wildman–Crippen MR) is 62.9 cm³/mol. The van der Waals surface area contributed by atoms with Crippen molar-refractivity contribution in [3.8, 4) is 0 Å². The average molecular weight is 268 g/mol. The van der Waals surface area contributed by atoms with Crippen LogP contribution in [0.2, 0.25) is 0 Å². The van der Waals surface area contributed by atoms with Crippen molar-refractivity contribution in [3.63, 3.8) is 0 Å². The lowest BCUT2D eigenvalue weighted by molar-refractivity contribution is 0.102. The molecule has 1 amide bonds. The molecule has 0 fully saturated rings. The van der Waals surface area contributed by atoms with Crippen molar-refractivity contribution >= 4 is 17.6 Å².